The van der Waals surface area contributed by atoms with Gasteiger partial charge in [-0.3, -0.25) is 4.39 Å². The van der Waals surface area contributed by atoms with Gasteiger partial charge in [-0.1, -0.05) is 18.9 Å². The second-order valence-electron chi connectivity index (χ2n) is 9.35. The zero-order chi connectivity index (χ0) is 28.2. The van der Waals surface area contributed by atoms with Crippen LogP contribution in [0.15, 0.2) is 24.3 Å². The van der Waals surface area contributed by atoms with Crippen molar-refractivity contribution in [2.45, 2.75) is 64.5 Å². The molecule has 39 heavy (non-hydrogen) atoms. The van der Waals surface area contributed by atoms with Crippen molar-refractivity contribution in [3.8, 4) is 0 Å². The Morgan fingerprint density at radius 2 is 1.54 bits per heavy atom. The van der Waals surface area contributed by atoms with E-state index in [-0.39, 0.29) is 65.0 Å². The predicted octanol–water partition coefficient (Wildman–Crippen LogP) is 2.23. The SMILES string of the molecule is CC(C)(C)OC(=O)N[C@@H](CCO)Cc1cc(F)c(F)cc1F.Fc1[c-]cc(F)c(F)c1.OCCC1CC1.[Br-].[Mg+2]. The molecule has 0 spiro atoms. The molecule has 0 saturated heterocycles. The first-order valence-electron chi connectivity index (χ1n) is 11.6. The van der Waals surface area contributed by atoms with Crippen LogP contribution in [0.4, 0.5) is 31.1 Å². The van der Waals surface area contributed by atoms with Crippen molar-refractivity contribution in [3.05, 3.63) is 70.8 Å². The van der Waals surface area contributed by atoms with Crippen LogP contribution in [0.2, 0.25) is 0 Å². The van der Waals surface area contributed by atoms with E-state index in [4.69, 9.17) is 14.9 Å². The number of halogens is 7. The molecule has 0 heterocycles. The van der Waals surface area contributed by atoms with Crippen molar-refractivity contribution in [1.29, 1.82) is 0 Å². The largest absolute Gasteiger partial charge is 2.00 e. The van der Waals surface area contributed by atoms with Gasteiger partial charge in [0.05, 0.1) is 5.82 Å². The van der Waals surface area contributed by atoms with Crippen LogP contribution in [-0.2, 0) is 11.2 Å². The third-order valence-corrected chi connectivity index (χ3v) is 4.81. The summed E-state index contributed by atoms with van der Waals surface area (Å²) >= 11 is 0. The Morgan fingerprint density at radius 1 is 0.974 bits per heavy atom. The molecule has 1 amide bonds. The van der Waals surface area contributed by atoms with E-state index in [1.807, 2.05) is 6.07 Å². The summed E-state index contributed by atoms with van der Waals surface area (Å²) in [6.07, 6.45) is 3.07. The van der Waals surface area contributed by atoms with Crippen molar-refractivity contribution in [1.82, 2.24) is 5.32 Å². The molecule has 1 atom stereocenters. The summed E-state index contributed by atoms with van der Waals surface area (Å²) in [4.78, 5) is 11.7. The predicted molar refractivity (Wildman–Crippen MR) is 130 cm³/mol. The number of rotatable bonds is 7. The summed E-state index contributed by atoms with van der Waals surface area (Å²) in [5, 5.41) is 19.8. The summed E-state index contributed by atoms with van der Waals surface area (Å²) in [5.74, 6) is -5.63. The molecule has 1 fully saturated rings. The third kappa shape index (κ3) is 17.7. The van der Waals surface area contributed by atoms with Crippen molar-refractivity contribution < 1.29 is 63.1 Å². The Kier molecular flexibility index (Phi) is 19.8. The van der Waals surface area contributed by atoms with Crippen LogP contribution in [0, 0.1) is 46.9 Å². The van der Waals surface area contributed by atoms with Crippen LogP contribution >= 0.6 is 0 Å². The molecule has 1 aliphatic rings. The van der Waals surface area contributed by atoms with Gasteiger partial charge in [0.2, 0.25) is 0 Å². The summed E-state index contributed by atoms with van der Waals surface area (Å²) in [5.41, 5.74) is -0.797. The molecule has 5 nitrogen and oxygen atoms in total. The molecule has 0 aliphatic heterocycles. The molecule has 1 aliphatic carbocycles. The first-order valence-corrected chi connectivity index (χ1v) is 11.6. The second kappa shape index (κ2) is 19.5. The molecule has 0 aromatic heterocycles. The average Bonchev–Trinajstić information content (AvgIpc) is 3.59. The van der Waals surface area contributed by atoms with Gasteiger partial charge in [-0.15, -0.1) is 12.1 Å². The molecular formula is C26H32BrF6MgNO4. The van der Waals surface area contributed by atoms with Gasteiger partial charge in [-0.2, -0.15) is 0 Å². The molecule has 0 radical (unpaired) electrons. The monoisotopic (exact) mass is 639 g/mol. The van der Waals surface area contributed by atoms with Gasteiger partial charge >= 0.3 is 29.1 Å². The number of nitrogens with one attached hydrogen (secondary N) is 1. The van der Waals surface area contributed by atoms with Crippen LogP contribution < -0.4 is 22.3 Å². The maximum atomic E-state index is 13.6. The van der Waals surface area contributed by atoms with Gasteiger partial charge in [0, 0.05) is 37.0 Å². The van der Waals surface area contributed by atoms with Gasteiger partial charge in [-0.05, 0) is 57.6 Å². The Labute approximate surface area is 251 Å². The molecule has 2 aromatic rings. The molecule has 216 valence electrons. The third-order valence-electron chi connectivity index (χ3n) is 4.81. The second-order valence-corrected chi connectivity index (χ2v) is 9.35. The van der Waals surface area contributed by atoms with E-state index in [2.05, 4.69) is 5.32 Å². The number of hydrogen-bond acceptors (Lipinski definition) is 4. The van der Waals surface area contributed by atoms with Gasteiger partial charge in [-0.25, -0.2) is 26.7 Å². The smallest absolute Gasteiger partial charge is 1.00 e. The molecule has 3 rings (SSSR count). The molecule has 0 unspecified atom stereocenters. The van der Waals surface area contributed by atoms with E-state index in [0.717, 1.165) is 18.4 Å². The Bertz CT molecular complexity index is 1010. The van der Waals surface area contributed by atoms with E-state index in [0.29, 0.717) is 24.8 Å². The molecule has 3 N–H and O–H groups in total. The number of benzene rings is 2. The van der Waals surface area contributed by atoms with Crippen molar-refractivity contribution in [2.75, 3.05) is 13.2 Å². The quantitative estimate of drug-likeness (QED) is 0.188. The fourth-order valence-electron chi connectivity index (χ4n) is 2.85. The molecule has 0 bridgehead atoms. The van der Waals surface area contributed by atoms with Crippen molar-refractivity contribution in [3.63, 3.8) is 0 Å². The summed E-state index contributed by atoms with van der Waals surface area (Å²) in [7, 11) is 0. The molecule has 2 aromatic carbocycles. The maximum Gasteiger partial charge on any atom is 2.00 e. The number of hydrogen-bond donors (Lipinski definition) is 3. The van der Waals surface area contributed by atoms with Gasteiger partial charge < -0.3 is 37.2 Å². The molecule has 13 heteroatoms. The number of aliphatic hydroxyl groups is 2. The summed E-state index contributed by atoms with van der Waals surface area (Å²) in [6.45, 7) is 5.18. The first kappa shape index (κ1) is 39.6. The van der Waals surface area contributed by atoms with E-state index in [9.17, 15) is 31.1 Å². The average molecular weight is 641 g/mol. The molecular weight excluding hydrogens is 608 g/mol. The fourth-order valence-corrected chi connectivity index (χ4v) is 2.85. The van der Waals surface area contributed by atoms with E-state index in [1.165, 1.54) is 12.8 Å². The number of carbonyl (C=O) groups is 1. The van der Waals surface area contributed by atoms with Crippen LogP contribution in [0.3, 0.4) is 0 Å². The first-order chi connectivity index (χ1) is 17.2. The minimum Gasteiger partial charge on any atom is -1.00 e. The van der Waals surface area contributed by atoms with E-state index >= 15 is 0 Å². The zero-order valence-electron chi connectivity index (χ0n) is 22.0. The fraction of sp³-hybridized carbons (Fsp3) is 0.500. The van der Waals surface area contributed by atoms with Gasteiger partial charge in [0.1, 0.15) is 11.4 Å². The summed E-state index contributed by atoms with van der Waals surface area (Å²) in [6, 6.07) is 3.44. The van der Waals surface area contributed by atoms with E-state index in [1.54, 1.807) is 20.8 Å². The van der Waals surface area contributed by atoms with E-state index < -0.39 is 52.6 Å². The molecule has 1 saturated carbocycles. The number of aliphatic hydroxyl groups excluding tert-OH is 2. The van der Waals surface area contributed by atoms with Crippen LogP contribution in [-0.4, -0.2) is 64.2 Å². The van der Waals surface area contributed by atoms with Crippen LogP contribution in [0.25, 0.3) is 0 Å². The van der Waals surface area contributed by atoms with Crippen LogP contribution in [0.1, 0.15) is 52.0 Å². The maximum absolute atomic E-state index is 13.6. The normalized spacial score (nSPS) is 12.8. The van der Waals surface area contributed by atoms with Crippen LogP contribution in [0.5, 0.6) is 0 Å². The van der Waals surface area contributed by atoms with Gasteiger partial charge in [0.15, 0.2) is 11.6 Å². The minimum absolute atomic E-state index is 0. The number of alkyl carbamates (subject to hydrolysis) is 1. The van der Waals surface area contributed by atoms with Crippen molar-refractivity contribution in [2.24, 2.45) is 5.92 Å². The minimum atomic E-state index is -1.28. The number of amides is 1. The number of carbonyl (C=O) groups excluding carboxylic acids is 1. The Balaban J connectivity index is 0. The topological polar surface area (TPSA) is 78.8 Å². The summed E-state index contributed by atoms with van der Waals surface area (Å²) < 4.78 is 80.5. The van der Waals surface area contributed by atoms with Gasteiger partial charge in [0.25, 0.3) is 0 Å². The zero-order valence-corrected chi connectivity index (χ0v) is 25.0. The standard InChI is InChI=1S/C15H20F3NO3.C6H2F3.C5H10O.BrH.Mg/c1-15(2,3)22-14(21)19-10(4-5-20)6-9-7-12(17)13(18)8-11(9)16;7-4-1-2-5(8)6(9)3-4;6-4-3-5-1-2-5;;/h7-8,10,20H,4-6H2,1-3H3,(H,19,21);2-3H;5-6H,1-4H2;1H;/q;-1;;;+2/p-1/t10-;;;;/m0..../s1. The Hall–Kier alpha value is -1.54. The van der Waals surface area contributed by atoms with Crippen molar-refractivity contribution >= 4 is 29.1 Å². The Morgan fingerprint density at radius 3 is 1.97 bits per heavy atom. The number of ether oxygens (including phenoxy) is 1.